The third kappa shape index (κ3) is 2.00. The summed E-state index contributed by atoms with van der Waals surface area (Å²) in [5, 5.41) is 0. The SMILES string of the molecule is C[C@@H]1c2cccn2CCN1C(=O)OC1CCCC1. The monoisotopic (exact) mass is 248 g/mol. The maximum atomic E-state index is 12.2. The zero-order valence-corrected chi connectivity index (χ0v) is 10.8. The van der Waals surface area contributed by atoms with Crippen molar-refractivity contribution in [3.63, 3.8) is 0 Å². The number of nitrogens with zero attached hydrogens (tertiary/aromatic N) is 2. The molecule has 0 aromatic carbocycles. The molecule has 1 saturated carbocycles. The van der Waals surface area contributed by atoms with Crippen molar-refractivity contribution in [3.8, 4) is 0 Å². The van der Waals surface area contributed by atoms with Crippen molar-refractivity contribution in [1.29, 1.82) is 0 Å². The molecular weight excluding hydrogens is 228 g/mol. The molecule has 0 N–H and O–H groups in total. The number of carbonyl (C=O) groups excluding carboxylic acids is 1. The fraction of sp³-hybridized carbons (Fsp3) is 0.643. The van der Waals surface area contributed by atoms with E-state index in [4.69, 9.17) is 4.74 Å². The molecule has 1 aromatic heterocycles. The highest BCUT2D eigenvalue weighted by molar-refractivity contribution is 5.68. The minimum atomic E-state index is -0.137. The molecule has 98 valence electrons. The molecule has 0 saturated heterocycles. The summed E-state index contributed by atoms with van der Waals surface area (Å²) >= 11 is 0. The van der Waals surface area contributed by atoms with Crippen LogP contribution < -0.4 is 0 Å². The molecule has 0 spiro atoms. The number of hydrogen-bond acceptors (Lipinski definition) is 2. The van der Waals surface area contributed by atoms with E-state index in [0.29, 0.717) is 0 Å². The lowest BCUT2D eigenvalue weighted by Gasteiger charge is -2.34. The van der Waals surface area contributed by atoms with E-state index in [1.807, 2.05) is 11.0 Å². The largest absolute Gasteiger partial charge is 0.446 e. The van der Waals surface area contributed by atoms with E-state index < -0.39 is 0 Å². The van der Waals surface area contributed by atoms with E-state index in [0.717, 1.165) is 25.9 Å². The molecule has 0 unspecified atom stereocenters. The number of carbonyl (C=O) groups is 1. The van der Waals surface area contributed by atoms with Gasteiger partial charge in [-0.15, -0.1) is 0 Å². The Morgan fingerprint density at radius 3 is 2.89 bits per heavy atom. The number of aromatic nitrogens is 1. The van der Waals surface area contributed by atoms with Crippen LogP contribution in [-0.2, 0) is 11.3 Å². The van der Waals surface area contributed by atoms with Crippen molar-refractivity contribution in [2.75, 3.05) is 6.54 Å². The van der Waals surface area contributed by atoms with E-state index in [-0.39, 0.29) is 18.2 Å². The fourth-order valence-corrected chi connectivity index (χ4v) is 3.04. The third-order valence-electron chi connectivity index (χ3n) is 4.15. The van der Waals surface area contributed by atoms with Crippen molar-refractivity contribution < 1.29 is 9.53 Å². The fourth-order valence-electron chi connectivity index (χ4n) is 3.04. The van der Waals surface area contributed by atoms with Crippen molar-refractivity contribution in [3.05, 3.63) is 24.0 Å². The molecule has 18 heavy (non-hydrogen) atoms. The van der Waals surface area contributed by atoms with E-state index in [9.17, 15) is 4.79 Å². The summed E-state index contributed by atoms with van der Waals surface area (Å²) in [4.78, 5) is 14.0. The summed E-state index contributed by atoms with van der Waals surface area (Å²) in [5.74, 6) is 0. The van der Waals surface area contributed by atoms with Crippen LogP contribution in [0, 0.1) is 0 Å². The Hall–Kier alpha value is -1.45. The average Bonchev–Trinajstić information content (AvgIpc) is 2.99. The highest BCUT2D eigenvalue weighted by Crippen LogP contribution is 2.28. The number of amides is 1. The van der Waals surface area contributed by atoms with Gasteiger partial charge in [0, 0.05) is 25.0 Å². The van der Waals surface area contributed by atoms with Gasteiger partial charge in [-0.3, -0.25) is 4.90 Å². The average molecular weight is 248 g/mol. The Labute approximate surface area is 108 Å². The topological polar surface area (TPSA) is 34.5 Å². The van der Waals surface area contributed by atoms with Crippen LogP contribution in [0.25, 0.3) is 0 Å². The predicted molar refractivity (Wildman–Crippen MR) is 68.3 cm³/mol. The Morgan fingerprint density at radius 1 is 1.33 bits per heavy atom. The first kappa shape index (κ1) is 11.6. The Bertz CT molecular complexity index is 435. The number of rotatable bonds is 1. The molecule has 1 amide bonds. The number of hydrogen-bond donors (Lipinski definition) is 0. The van der Waals surface area contributed by atoms with Crippen molar-refractivity contribution in [2.45, 2.75) is 51.3 Å². The van der Waals surface area contributed by atoms with Gasteiger partial charge >= 0.3 is 6.09 Å². The van der Waals surface area contributed by atoms with Gasteiger partial charge in [0.15, 0.2) is 0 Å². The molecule has 2 aliphatic rings. The van der Waals surface area contributed by atoms with E-state index in [2.05, 4.69) is 23.8 Å². The Balaban J connectivity index is 1.68. The standard InChI is InChI=1S/C14H20N2O2/c1-11-13-7-4-8-15(13)9-10-16(11)14(17)18-12-5-2-3-6-12/h4,7-8,11-12H,2-3,5-6,9-10H2,1H3/t11-/m1/s1. The van der Waals surface area contributed by atoms with Crippen LogP contribution in [0.1, 0.15) is 44.3 Å². The quantitative estimate of drug-likeness (QED) is 0.765. The van der Waals surface area contributed by atoms with Gasteiger partial charge in [0.1, 0.15) is 6.10 Å². The van der Waals surface area contributed by atoms with Gasteiger partial charge in [-0.2, -0.15) is 0 Å². The summed E-state index contributed by atoms with van der Waals surface area (Å²) in [6, 6.07) is 4.24. The van der Waals surface area contributed by atoms with Crippen LogP contribution in [0.4, 0.5) is 4.79 Å². The minimum Gasteiger partial charge on any atom is -0.446 e. The van der Waals surface area contributed by atoms with Gasteiger partial charge in [-0.1, -0.05) is 0 Å². The number of ether oxygens (including phenoxy) is 1. The summed E-state index contributed by atoms with van der Waals surface area (Å²) in [7, 11) is 0. The Kier molecular flexibility index (Phi) is 3.02. The molecule has 1 aliphatic carbocycles. The van der Waals surface area contributed by atoms with E-state index in [1.165, 1.54) is 18.5 Å². The van der Waals surface area contributed by atoms with Crippen molar-refractivity contribution in [1.82, 2.24) is 9.47 Å². The summed E-state index contributed by atoms with van der Waals surface area (Å²) in [6.07, 6.45) is 6.53. The molecule has 1 fully saturated rings. The van der Waals surface area contributed by atoms with Crippen LogP contribution in [-0.4, -0.2) is 28.2 Å². The highest BCUT2D eigenvalue weighted by Gasteiger charge is 2.30. The molecule has 4 nitrogen and oxygen atoms in total. The molecule has 0 bridgehead atoms. The molecule has 1 aliphatic heterocycles. The first-order chi connectivity index (χ1) is 8.75. The van der Waals surface area contributed by atoms with Crippen molar-refractivity contribution >= 4 is 6.09 Å². The third-order valence-corrected chi connectivity index (χ3v) is 4.15. The zero-order chi connectivity index (χ0) is 12.5. The minimum absolute atomic E-state index is 0.114. The van der Waals surface area contributed by atoms with Crippen molar-refractivity contribution in [2.24, 2.45) is 0 Å². The summed E-state index contributed by atoms with van der Waals surface area (Å²) in [5.41, 5.74) is 1.20. The molecular formula is C14H20N2O2. The lowest BCUT2D eigenvalue weighted by Crippen LogP contribution is -2.42. The van der Waals surface area contributed by atoms with Gasteiger partial charge in [-0.25, -0.2) is 4.79 Å². The van der Waals surface area contributed by atoms with Crippen LogP contribution in [0.2, 0.25) is 0 Å². The van der Waals surface area contributed by atoms with Gasteiger partial charge in [0.05, 0.1) is 6.04 Å². The zero-order valence-electron chi connectivity index (χ0n) is 10.8. The predicted octanol–water partition coefficient (Wildman–Crippen LogP) is 2.94. The second-order valence-corrected chi connectivity index (χ2v) is 5.29. The molecule has 0 radical (unpaired) electrons. The lowest BCUT2D eigenvalue weighted by molar-refractivity contribution is 0.0480. The van der Waals surface area contributed by atoms with E-state index in [1.54, 1.807) is 0 Å². The first-order valence-electron chi connectivity index (χ1n) is 6.88. The molecule has 4 heteroatoms. The van der Waals surface area contributed by atoms with Crippen LogP contribution in [0.15, 0.2) is 18.3 Å². The molecule has 3 rings (SSSR count). The molecule has 1 aromatic rings. The maximum Gasteiger partial charge on any atom is 0.410 e. The second kappa shape index (κ2) is 4.67. The smallest absolute Gasteiger partial charge is 0.410 e. The second-order valence-electron chi connectivity index (χ2n) is 5.29. The van der Waals surface area contributed by atoms with Gasteiger partial charge in [0.25, 0.3) is 0 Å². The summed E-state index contributed by atoms with van der Waals surface area (Å²) in [6.45, 7) is 3.68. The molecule has 1 atom stereocenters. The lowest BCUT2D eigenvalue weighted by atomic mass is 10.1. The highest BCUT2D eigenvalue weighted by atomic mass is 16.6. The van der Waals surface area contributed by atoms with Crippen LogP contribution in [0.5, 0.6) is 0 Å². The number of fused-ring (bicyclic) bond motifs is 1. The van der Waals surface area contributed by atoms with Gasteiger partial charge in [-0.05, 0) is 44.7 Å². The van der Waals surface area contributed by atoms with E-state index >= 15 is 0 Å². The van der Waals surface area contributed by atoms with Gasteiger partial charge in [0.2, 0.25) is 0 Å². The maximum absolute atomic E-state index is 12.2. The van der Waals surface area contributed by atoms with Crippen LogP contribution in [0.3, 0.4) is 0 Å². The Morgan fingerprint density at radius 2 is 2.11 bits per heavy atom. The van der Waals surface area contributed by atoms with Gasteiger partial charge < -0.3 is 9.30 Å². The van der Waals surface area contributed by atoms with Crippen LogP contribution >= 0.6 is 0 Å². The normalized spacial score (nSPS) is 24.1. The molecule has 2 heterocycles. The summed E-state index contributed by atoms with van der Waals surface area (Å²) < 4.78 is 7.80. The first-order valence-corrected chi connectivity index (χ1v) is 6.88.